The monoisotopic (exact) mass is 481 g/mol. The Morgan fingerprint density at radius 3 is 2.11 bits per heavy atom. The first kappa shape index (κ1) is 21.9. The molecule has 3 aromatic rings. The molecule has 5 heterocycles. The fourth-order valence-electron chi connectivity index (χ4n) is 4.61. The topological polar surface area (TPSA) is 120 Å². The lowest BCUT2D eigenvalue weighted by atomic mass is 9.78. The summed E-state index contributed by atoms with van der Waals surface area (Å²) in [7, 11) is 2.98. The predicted molar refractivity (Wildman–Crippen MR) is 126 cm³/mol. The van der Waals surface area contributed by atoms with Gasteiger partial charge in [-0.2, -0.15) is 15.0 Å². The average molecular weight is 482 g/mol. The van der Waals surface area contributed by atoms with Gasteiger partial charge in [0.05, 0.1) is 51.8 Å². The van der Waals surface area contributed by atoms with Crippen molar-refractivity contribution in [2.75, 3.05) is 76.6 Å². The van der Waals surface area contributed by atoms with Gasteiger partial charge in [-0.1, -0.05) is 0 Å². The van der Waals surface area contributed by atoms with E-state index in [1.54, 1.807) is 23.0 Å². The van der Waals surface area contributed by atoms with Crippen molar-refractivity contribution < 1.29 is 24.1 Å². The normalized spacial score (nSPS) is 18.8. The molecule has 3 aliphatic heterocycles. The Hall–Kier alpha value is -3.64. The van der Waals surface area contributed by atoms with Gasteiger partial charge in [-0.05, 0) is 12.1 Å². The number of hydrogen-bond acceptors (Lipinski definition) is 11. The Bertz CT molecular complexity index is 1210. The van der Waals surface area contributed by atoms with Gasteiger partial charge in [-0.3, -0.25) is 4.57 Å². The smallest absolute Gasteiger partial charge is 0.241 e. The van der Waals surface area contributed by atoms with Crippen LogP contribution in [0.3, 0.4) is 0 Å². The summed E-state index contributed by atoms with van der Waals surface area (Å²) in [6.07, 6.45) is 3.51. The number of hydrogen-bond donors (Lipinski definition) is 1. The Kier molecular flexibility index (Phi) is 5.33. The third-order valence-electron chi connectivity index (χ3n) is 6.63. The molecule has 0 saturated carbocycles. The van der Waals surface area contributed by atoms with Crippen LogP contribution in [-0.4, -0.2) is 96.4 Å². The van der Waals surface area contributed by atoms with Gasteiger partial charge in [0.1, 0.15) is 6.33 Å². The van der Waals surface area contributed by atoms with E-state index in [0.717, 1.165) is 45.0 Å². The summed E-state index contributed by atoms with van der Waals surface area (Å²) in [5.74, 6) is 2.31. The largest absolute Gasteiger partial charge is 0.502 e. The molecule has 2 aromatic heterocycles. The maximum atomic E-state index is 10.2. The third-order valence-corrected chi connectivity index (χ3v) is 6.63. The number of benzene rings is 1. The molecule has 0 bridgehead atoms. The van der Waals surface area contributed by atoms with Crippen LogP contribution in [0.2, 0.25) is 0 Å². The van der Waals surface area contributed by atoms with Crippen molar-refractivity contribution >= 4 is 11.9 Å². The fraction of sp³-hybridized carbons (Fsp3) is 0.478. The van der Waals surface area contributed by atoms with Crippen molar-refractivity contribution in [1.82, 2.24) is 24.5 Å². The first-order valence-corrected chi connectivity index (χ1v) is 11.5. The van der Waals surface area contributed by atoms with E-state index < -0.39 is 0 Å². The number of ether oxygens (including phenoxy) is 4. The molecule has 6 rings (SSSR count). The van der Waals surface area contributed by atoms with Gasteiger partial charge in [-0.25, -0.2) is 4.98 Å². The second-order valence-corrected chi connectivity index (χ2v) is 9.08. The van der Waals surface area contributed by atoms with E-state index >= 15 is 0 Å². The van der Waals surface area contributed by atoms with E-state index in [1.165, 1.54) is 14.2 Å². The summed E-state index contributed by atoms with van der Waals surface area (Å²) in [6.45, 7) is 6.07. The molecule has 35 heavy (non-hydrogen) atoms. The number of phenols is 1. The van der Waals surface area contributed by atoms with Crippen LogP contribution >= 0.6 is 0 Å². The molecule has 3 saturated heterocycles. The summed E-state index contributed by atoms with van der Waals surface area (Å²) < 4.78 is 23.3. The quantitative estimate of drug-likeness (QED) is 0.545. The molecular formula is C23H27N7O5. The maximum Gasteiger partial charge on any atom is 0.241 e. The SMILES string of the molecule is COc1cc(-c2cn(-c3nc(N4CCOCC4)nc(N4CC5(COC5)C4)n3)cn2)cc(OC)c1O. The van der Waals surface area contributed by atoms with Crippen molar-refractivity contribution in [3.8, 4) is 34.5 Å². The zero-order chi connectivity index (χ0) is 24.0. The van der Waals surface area contributed by atoms with Crippen molar-refractivity contribution in [3.05, 3.63) is 24.7 Å². The Labute approximate surface area is 202 Å². The van der Waals surface area contributed by atoms with E-state index in [1.807, 2.05) is 6.20 Å². The number of anilines is 2. The van der Waals surface area contributed by atoms with Gasteiger partial charge in [0.15, 0.2) is 11.5 Å². The number of morpholine rings is 1. The standard InChI is InChI=1S/C23H27N7O5/c1-32-17-7-15(8-18(33-2)19(17)31)16-9-29(14-24-16)21-25-20(28-3-5-34-6-4-28)26-22(27-21)30-10-23(11-30)12-35-13-23/h7-9,14,31H,3-6,10-13H2,1-2H3. The van der Waals surface area contributed by atoms with E-state index in [0.29, 0.717) is 48.3 Å². The van der Waals surface area contributed by atoms with Gasteiger partial charge in [0.2, 0.25) is 23.6 Å². The molecule has 12 nitrogen and oxygen atoms in total. The molecule has 12 heteroatoms. The minimum atomic E-state index is -0.0559. The van der Waals surface area contributed by atoms with Crippen LogP contribution in [0.1, 0.15) is 0 Å². The van der Waals surface area contributed by atoms with Crippen LogP contribution in [0, 0.1) is 5.41 Å². The highest BCUT2D eigenvalue weighted by Gasteiger charge is 2.50. The van der Waals surface area contributed by atoms with Gasteiger partial charge in [0, 0.05) is 37.9 Å². The van der Waals surface area contributed by atoms with E-state index in [4.69, 9.17) is 33.9 Å². The van der Waals surface area contributed by atoms with Crippen LogP contribution in [0.4, 0.5) is 11.9 Å². The van der Waals surface area contributed by atoms with E-state index in [-0.39, 0.29) is 11.2 Å². The highest BCUT2D eigenvalue weighted by molar-refractivity contribution is 5.68. The van der Waals surface area contributed by atoms with E-state index in [2.05, 4.69) is 14.8 Å². The first-order chi connectivity index (χ1) is 17.1. The number of methoxy groups -OCH3 is 2. The number of aromatic hydroxyl groups is 1. The van der Waals surface area contributed by atoms with E-state index in [9.17, 15) is 5.11 Å². The van der Waals surface area contributed by atoms with Crippen molar-refractivity contribution in [2.45, 2.75) is 0 Å². The summed E-state index contributed by atoms with van der Waals surface area (Å²) >= 11 is 0. The lowest BCUT2D eigenvalue weighted by molar-refractivity contribution is -0.127. The number of nitrogens with zero attached hydrogens (tertiary/aromatic N) is 7. The maximum absolute atomic E-state index is 10.2. The van der Waals surface area contributed by atoms with Gasteiger partial charge < -0.3 is 33.9 Å². The van der Waals surface area contributed by atoms with Crippen LogP contribution in [-0.2, 0) is 9.47 Å². The molecule has 0 atom stereocenters. The molecule has 0 unspecified atom stereocenters. The summed E-state index contributed by atoms with van der Waals surface area (Å²) in [5.41, 5.74) is 1.63. The van der Waals surface area contributed by atoms with Gasteiger partial charge in [-0.15, -0.1) is 0 Å². The zero-order valence-electron chi connectivity index (χ0n) is 19.7. The molecule has 3 fully saturated rings. The zero-order valence-corrected chi connectivity index (χ0v) is 19.7. The lowest BCUT2D eigenvalue weighted by Crippen LogP contribution is -2.66. The summed E-state index contributed by atoms with van der Waals surface area (Å²) in [6, 6.07) is 3.42. The van der Waals surface area contributed by atoms with Crippen molar-refractivity contribution in [2.24, 2.45) is 5.41 Å². The van der Waals surface area contributed by atoms with Crippen LogP contribution in [0.5, 0.6) is 17.2 Å². The van der Waals surface area contributed by atoms with Crippen LogP contribution in [0.25, 0.3) is 17.2 Å². The molecule has 0 aliphatic carbocycles. The van der Waals surface area contributed by atoms with Gasteiger partial charge in [0.25, 0.3) is 0 Å². The fourth-order valence-corrected chi connectivity index (χ4v) is 4.61. The first-order valence-electron chi connectivity index (χ1n) is 11.5. The number of rotatable bonds is 6. The molecule has 1 spiro atoms. The molecule has 3 aliphatic rings. The Morgan fingerprint density at radius 1 is 0.886 bits per heavy atom. The number of aromatic nitrogens is 5. The molecule has 1 aromatic carbocycles. The highest BCUT2D eigenvalue weighted by Crippen LogP contribution is 2.41. The minimum absolute atomic E-state index is 0.0559. The van der Waals surface area contributed by atoms with Crippen LogP contribution < -0.4 is 19.3 Å². The molecule has 1 N–H and O–H groups in total. The summed E-state index contributed by atoms with van der Waals surface area (Å²) in [4.78, 5) is 23.2. The molecule has 0 amide bonds. The summed E-state index contributed by atoms with van der Waals surface area (Å²) in [5, 5.41) is 10.2. The van der Waals surface area contributed by atoms with Crippen molar-refractivity contribution in [1.29, 1.82) is 0 Å². The molecule has 0 radical (unpaired) electrons. The molecule has 184 valence electrons. The predicted octanol–water partition coefficient (Wildman–Crippen LogP) is 1.12. The van der Waals surface area contributed by atoms with Gasteiger partial charge >= 0.3 is 0 Å². The second-order valence-electron chi connectivity index (χ2n) is 9.08. The minimum Gasteiger partial charge on any atom is -0.502 e. The molecular weight excluding hydrogens is 454 g/mol. The Morgan fingerprint density at radius 2 is 1.51 bits per heavy atom. The average Bonchev–Trinajstić information content (AvgIpc) is 3.33. The number of imidazole rings is 1. The highest BCUT2D eigenvalue weighted by atomic mass is 16.5. The van der Waals surface area contributed by atoms with Crippen molar-refractivity contribution in [3.63, 3.8) is 0 Å². The third kappa shape index (κ3) is 3.88. The van der Waals surface area contributed by atoms with Crippen LogP contribution in [0.15, 0.2) is 24.7 Å². The Balaban J connectivity index is 1.35. The number of phenolic OH excluding ortho intramolecular Hbond substituents is 1. The second kappa shape index (κ2) is 8.54. The lowest BCUT2D eigenvalue weighted by Gasteiger charge is -2.54.